The van der Waals surface area contributed by atoms with Gasteiger partial charge in [0, 0.05) is 31.1 Å². The van der Waals surface area contributed by atoms with Crippen LogP contribution in [0.3, 0.4) is 0 Å². The topological polar surface area (TPSA) is 43.3 Å². The van der Waals surface area contributed by atoms with Crippen LogP contribution in [0.1, 0.15) is 19.3 Å². The van der Waals surface area contributed by atoms with E-state index in [0.717, 1.165) is 29.1 Å². The number of nitrogens with zero attached hydrogens (tertiary/aromatic N) is 1. The van der Waals surface area contributed by atoms with Crippen molar-refractivity contribution < 1.29 is 9.53 Å². The standard InChI is InChI=1S/C20H24N2O2/c1-24-18-4-2-3-15-7-9-22(20(15)18)10-8-19(23)21-13-17-12-14-5-6-16(17)11-14/h2-7,9,14,16-17H,8,10-13H2,1H3,(H,21,23)/t14-,16-,17-/m0/s1. The first-order valence-corrected chi connectivity index (χ1v) is 8.81. The van der Waals surface area contributed by atoms with Crippen LogP contribution in [-0.2, 0) is 11.3 Å². The first kappa shape index (κ1) is 15.3. The SMILES string of the molecule is COc1cccc2ccn(CCC(=O)NC[C@@H]3C[C@H]4C=C[C@H]3C4)c12. The van der Waals surface area contributed by atoms with Gasteiger partial charge in [0.25, 0.3) is 0 Å². The predicted octanol–water partition coefficient (Wildman–Crippen LogP) is 3.37. The Morgan fingerprint density at radius 3 is 2.96 bits per heavy atom. The minimum atomic E-state index is 0.138. The highest BCUT2D eigenvalue weighted by atomic mass is 16.5. The van der Waals surface area contributed by atoms with Gasteiger partial charge in [-0.2, -0.15) is 0 Å². The number of aromatic nitrogens is 1. The number of rotatable bonds is 6. The summed E-state index contributed by atoms with van der Waals surface area (Å²) in [5.74, 6) is 3.07. The second-order valence-corrected chi connectivity index (χ2v) is 7.00. The van der Waals surface area contributed by atoms with Crippen LogP contribution in [0.4, 0.5) is 0 Å². The second-order valence-electron chi connectivity index (χ2n) is 7.00. The van der Waals surface area contributed by atoms with Crippen molar-refractivity contribution in [1.82, 2.24) is 9.88 Å². The number of benzene rings is 1. The van der Waals surface area contributed by atoms with E-state index in [1.165, 1.54) is 12.8 Å². The van der Waals surface area contributed by atoms with E-state index < -0.39 is 0 Å². The number of methoxy groups -OCH3 is 1. The summed E-state index contributed by atoms with van der Waals surface area (Å²) >= 11 is 0. The minimum Gasteiger partial charge on any atom is -0.495 e. The molecule has 0 saturated heterocycles. The molecule has 1 heterocycles. The largest absolute Gasteiger partial charge is 0.495 e. The van der Waals surface area contributed by atoms with Crippen molar-refractivity contribution in [2.24, 2.45) is 17.8 Å². The van der Waals surface area contributed by atoms with E-state index in [0.29, 0.717) is 24.8 Å². The number of aryl methyl sites for hydroxylation is 1. The number of nitrogens with one attached hydrogen (secondary N) is 1. The third-order valence-electron chi connectivity index (χ3n) is 5.53. The van der Waals surface area contributed by atoms with Crippen LogP contribution < -0.4 is 10.1 Å². The molecule has 4 heteroatoms. The molecule has 1 aromatic carbocycles. The van der Waals surface area contributed by atoms with Crippen LogP contribution in [0, 0.1) is 17.8 Å². The molecule has 2 aliphatic rings. The highest BCUT2D eigenvalue weighted by Gasteiger charge is 2.35. The lowest BCUT2D eigenvalue weighted by molar-refractivity contribution is -0.121. The van der Waals surface area contributed by atoms with E-state index in [9.17, 15) is 4.79 Å². The summed E-state index contributed by atoms with van der Waals surface area (Å²) in [5.41, 5.74) is 1.06. The van der Waals surface area contributed by atoms with Gasteiger partial charge in [0.05, 0.1) is 12.6 Å². The molecule has 1 saturated carbocycles. The molecular weight excluding hydrogens is 300 g/mol. The third kappa shape index (κ3) is 2.81. The molecule has 1 N–H and O–H groups in total. The number of hydrogen-bond acceptors (Lipinski definition) is 2. The van der Waals surface area contributed by atoms with Crippen molar-refractivity contribution in [2.45, 2.75) is 25.8 Å². The van der Waals surface area contributed by atoms with Gasteiger partial charge >= 0.3 is 0 Å². The maximum absolute atomic E-state index is 12.2. The Morgan fingerprint density at radius 1 is 1.29 bits per heavy atom. The van der Waals surface area contributed by atoms with Crippen LogP contribution in [0.2, 0.25) is 0 Å². The van der Waals surface area contributed by atoms with Crippen molar-refractivity contribution in [2.75, 3.05) is 13.7 Å². The number of carbonyl (C=O) groups is 1. The van der Waals surface area contributed by atoms with Gasteiger partial charge < -0.3 is 14.6 Å². The molecule has 3 atom stereocenters. The molecule has 0 unspecified atom stereocenters. The van der Waals surface area contributed by atoms with E-state index in [1.807, 2.05) is 18.3 Å². The monoisotopic (exact) mass is 324 g/mol. The zero-order valence-electron chi connectivity index (χ0n) is 14.1. The molecule has 0 spiro atoms. The lowest BCUT2D eigenvalue weighted by Crippen LogP contribution is -2.31. The minimum absolute atomic E-state index is 0.138. The Labute approximate surface area is 142 Å². The molecule has 1 aromatic heterocycles. The summed E-state index contributed by atoms with van der Waals surface area (Å²) in [6.45, 7) is 1.49. The van der Waals surface area contributed by atoms with Crippen LogP contribution in [0.15, 0.2) is 42.6 Å². The van der Waals surface area contributed by atoms with Gasteiger partial charge in [-0.05, 0) is 42.7 Å². The summed E-state index contributed by atoms with van der Waals surface area (Å²) in [6, 6.07) is 8.08. The summed E-state index contributed by atoms with van der Waals surface area (Å²) in [7, 11) is 1.68. The maximum atomic E-state index is 12.2. The van der Waals surface area contributed by atoms with Crippen LogP contribution in [0.25, 0.3) is 10.9 Å². The van der Waals surface area contributed by atoms with Gasteiger partial charge in [-0.1, -0.05) is 24.3 Å². The molecule has 24 heavy (non-hydrogen) atoms. The smallest absolute Gasteiger partial charge is 0.221 e. The number of amides is 1. The van der Waals surface area contributed by atoms with Gasteiger partial charge in [0.15, 0.2) is 0 Å². The first-order valence-electron chi connectivity index (χ1n) is 8.81. The fraction of sp³-hybridized carbons (Fsp3) is 0.450. The van der Waals surface area contributed by atoms with Crippen LogP contribution in [-0.4, -0.2) is 24.1 Å². The molecule has 2 aliphatic carbocycles. The Morgan fingerprint density at radius 2 is 2.21 bits per heavy atom. The maximum Gasteiger partial charge on any atom is 0.221 e. The number of hydrogen-bond donors (Lipinski definition) is 1. The van der Waals surface area contributed by atoms with Crippen molar-refractivity contribution in [3.05, 3.63) is 42.6 Å². The van der Waals surface area contributed by atoms with Crippen LogP contribution in [0.5, 0.6) is 5.75 Å². The fourth-order valence-electron chi connectivity index (χ4n) is 4.26. The Bertz CT molecular complexity index is 777. The van der Waals surface area contributed by atoms with Crippen molar-refractivity contribution >= 4 is 16.8 Å². The highest BCUT2D eigenvalue weighted by molar-refractivity contribution is 5.86. The second kappa shape index (κ2) is 6.34. The third-order valence-corrected chi connectivity index (χ3v) is 5.53. The quantitative estimate of drug-likeness (QED) is 0.828. The number of fused-ring (bicyclic) bond motifs is 3. The Hall–Kier alpha value is -2.23. The molecule has 4 rings (SSSR count). The average Bonchev–Trinajstić information content (AvgIpc) is 3.32. The summed E-state index contributed by atoms with van der Waals surface area (Å²) in [4.78, 5) is 12.2. The van der Waals surface area contributed by atoms with Crippen LogP contribution >= 0.6 is 0 Å². The molecule has 2 aromatic rings. The zero-order valence-corrected chi connectivity index (χ0v) is 14.1. The van der Waals surface area contributed by atoms with Gasteiger partial charge in [-0.25, -0.2) is 0 Å². The van der Waals surface area contributed by atoms with Gasteiger partial charge in [-0.3, -0.25) is 4.79 Å². The fourth-order valence-corrected chi connectivity index (χ4v) is 4.26. The number of para-hydroxylation sites is 1. The van der Waals surface area contributed by atoms with Gasteiger partial charge in [0.1, 0.15) is 5.75 Å². The molecule has 0 radical (unpaired) electrons. The number of ether oxygens (including phenoxy) is 1. The zero-order chi connectivity index (χ0) is 16.5. The Balaban J connectivity index is 1.33. The molecule has 2 bridgehead atoms. The highest BCUT2D eigenvalue weighted by Crippen LogP contribution is 2.42. The number of carbonyl (C=O) groups excluding carboxylic acids is 1. The summed E-state index contributed by atoms with van der Waals surface area (Å²) < 4.78 is 7.55. The Kier molecular flexibility index (Phi) is 4.05. The van der Waals surface area contributed by atoms with Crippen molar-refractivity contribution in [3.63, 3.8) is 0 Å². The van der Waals surface area contributed by atoms with Crippen molar-refractivity contribution in [3.8, 4) is 5.75 Å². The molecule has 0 aliphatic heterocycles. The lowest BCUT2D eigenvalue weighted by Gasteiger charge is -2.18. The summed E-state index contributed by atoms with van der Waals surface area (Å²) in [6.07, 6.45) is 9.73. The number of allylic oxidation sites excluding steroid dienone is 2. The normalized spacial score (nSPS) is 24.6. The van der Waals surface area contributed by atoms with E-state index in [1.54, 1.807) is 7.11 Å². The molecule has 126 valence electrons. The van der Waals surface area contributed by atoms with E-state index in [-0.39, 0.29) is 5.91 Å². The predicted molar refractivity (Wildman–Crippen MR) is 95.0 cm³/mol. The molecule has 1 amide bonds. The lowest BCUT2D eigenvalue weighted by atomic mass is 9.93. The van der Waals surface area contributed by atoms with E-state index in [2.05, 4.69) is 34.2 Å². The molecule has 1 fully saturated rings. The van der Waals surface area contributed by atoms with Crippen molar-refractivity contribution in [1.29, 1.82) is 0 Å². The molecular formula is C20H24N2O2. The van der Waals surface area contributed by atoms with E-state index >= 15 is 0 Å². The van der Waals surface area contributed by atoms with Gasteiger partial charge in [-0.15, -0.1) is 0 Å². The summed E-state index contributed by atoms with van der Waals surface area (Å²) in [5, 5.41) is 4.27. The first-order chi connectivity index (χ1) is 11.7. The van der Waals surface area contributed by atoms with Gasteiger partial charge in [0.2, 0.25) is 5.91 Å². The molecule has 4 nitrogen and oxygen atoms in total. The van der Waals surface area contributed by atoms with E-state index in [4.69, 9.17) is 4.74 Å². The average molecular weight is 324 g/mol.